The van der Waals surface area contributed by atoms with Gasteiger partial charge in [0.15, 0.2) is 5.13 Å². The van der Waals surface area contributed by atoms with E-state index in [9.17, 15) is 13.2 Å². The summed E-state index contributed by atoms with van der Waals surface area (Å²) in [6.45, 7) is 2.21. The van der Waals surface area contributed by atoms with Gasteiger partial charge in [0.25, 0.3) is 0 Å². The molecule has 2 heterocycles. The average molecular weight is 435 g/mol. The maximum atomic E-state index is 12.4. The van der Waals surface area contributed by atoms with Crippen LogP contribution in [-0.2, 0) is 11.8 Å². The largest absolute Gasteiger partial charge is 0.573 e. The van der Waals surface area contributed by atoms with Gasteiger partial charge >= 0.3 is 6.36 Å². The molecule has 2 aromatic heterocycles. The minimum Gasteiger partial charge on any atom is -0.478 e. The van der Waals surface area contributed by atoms with Crippen molar-refractivity contribution in [2.24, 2.45) is 7.05 Å². The normalized spacial score (nSPS) is 11.8. The average Bonchev–Trinajstić information content (AvgIpc) is 3.20. The molecule has 0 saturated heterocycles. The summed E-state index contributed by atoms with van der Waals surface area (Å²) in [6.07, 6.45) is -4.75. The summed E-state index contributed by atoms with van der Waals surface area (Å²) in [6, 6.07) is 9.38. The van der Waals surface area contributed by atoms with Gasteiger partial charge in [0.2, 0.25) is 11.8 Å². The number of hydrogen-bond acceptors (Lipinski definition) is 7. The van der Waals surface area contributed by atoms with Crippen LogP contribution in [0.2, 0.25) is 0 Å². The second kappa shape index (κ2) is 7.48. The molecule has 0 amide bonds. The van der Waals surface area contributed by atoms with E-state index in [-0.39, 0.29) is 11.6 Å². The number of hydrogen-bond donors (Lipinski definition) is 2. The number of ether oxygens (including phenoxy) is 2. The van der Waals surface area contributed by atoms with E-state index in [1.165, 1.54) is 29.5 Å². The Morgan fingerprint density at radius 2 is 1.97 bits per heavy atom. The quantitative estimate of drug-likeness (QED) is 0.333. The highest BCUT2D eigenvalue weighted by atomic mass is 32.1. The number of aromatic nitrogens is 3. The molecule has 0 saturated carbocycles. The molecule has 0 unspecified atom stereocenters. The van der Waals surface area contributed by atoms with E-state index in [4.69, 9.17) is 10.1 Å². The van der Waals surface area contributed by atoms with Crippen molar-refractivity contribution in [3.63, 3.8) is 0 Å². The number of nitrogens with zero attached hydrogens (tertiary/aromatic N) is 3. The van der Waals surface area contributed by atoms with E-state index < -0.39 is 6.36 Å². The van der Waals surface area contributed by atoms with Gasteiger partial charge in [-0.05, 0) is 37.3 Å². The topological polar surface area (TPSA) is 85.1 Å². The highest BCUT2D eigenvalue weighted by Gasteiger charge is 2.31. The highest BCUT2D eigenvalue weighted by molar-refractivity contribution is 7.22. The van der Waals surface area contributed by atoms with Gasteiger partial charge in [0.1, 0.15) is 5.75 Å². The van der Waals surface area contributed by atoms with Crippen LogP contribution in [0.3, 0.4) is 0 Å². The number of anilines is 2. The zero-order valence-corrected chi connectivity index (χ0v) is 16.7. The molecular weight excluding hydrogens is 419 g/mol. The molecule has 11 heteroatoms. The fourth-order valence-electron chi connectivity index (χ4n) is 2.93. The Hall–Kier alpha value is -3.34. The molecule has 0 bridgehead atoms. The minimum atomic E-state index is -4.75. The Morgan fingerprint density at radius 1 is 1.17 bits per heavy atom. The van der Waals surface area contributed by atoms with E-state index in [0.29, 0.717) is 39.0 Å². The van der Waals surface area contributed by atoms with Gasteiger partial charge in [-0.2, -0.15) is 0 Å². The first-order chi connectivity index (χ1) is 14.2. The zero-order chi connectivity index (χ0) is 21.5. The van der Waals surface area contributed by atoms with Crippen molar-refractivity contribution in [2.45, 2.75) is 13.3 Å². The molecule has 0 atom stereocenters. The van der Waals surface area contributed by atoms with Crippen LogP contribution in [0.15, 0.2) is 36.4 Å². The predicted octanol–water partition coefficient (Wildman–Crippen LogP) is 5.19. The third-order valence-electron chi connectivity index (χ3n) is 4.24. The first kappa shape index (κ1) is 20.0. The summed E-state index contributed by atoms with van der Waals surface area (Å²) < 4.78 is 48.8. The maximum absolute atomic E-state index is 12.4. The molecule has 4 rings (SSSR count). The number of rotatable bonds is 5. The molecule has 30 heavy (non-hydrogen) atoms. The zero-order valence-electron chi connectivity index (χ0n) is 15.9. The van der Waals surface area contributed by atoms with Crippen LogP contribution in [0.4, 0.5) is 24.3 Å². The first-order valence-corrected chi connectivity index (χ1v) is 9.66. The fraction of sp³-hybridized carbons (Fsp3) is 0.211. The second-order valence-electron chi connectivity index (χ2n) is 6.28. The minimum absolute atomic E-state index is 0.0719. The highest BCUT2D eigenvalue weighted by Crippen LogP contribution is 2.33. The van der Waals surface area contributed by atoms with Crippen molar-refractivity contribution in [1.82, 2.24) is 14.5 Å². The van der Waals surface area contributed by atoms with Gasteiger partial charge in [0.05, 0.1) is 27.9 Å². The maximum Gasteiger partial charge on any atom is 0.573 e. The van der Waals surface area contributed by atoms with Crippen LogP contribution in [0.25, 0.3) is 21.3 Å². The Balaban J connectivity index is 1.62. The van der Waals surface area contributed by atoms with Crippen molar-refractivity contribution in [3.05, 3.63) is 42.0 Å². The van der Waals surface area contributed by atoms with Crippen molar-refractivity contribution in [2.75, 3.05) is 11.9 Å². The summed E-state index contributed by atoms with van der Waals surface area (Å²) in [4.78, 5) is 8.93. The lowest BCUT2D eigenvalue weighted by atomic mass is 10.2. The van der Waals surface area contributed by atoms with Gasteiger partial charge in [-0.3, -0.25) is 5.41 Å². The molecule has 4 aromatic rings. The van der Waals surface area contributed by atoms with Crippen LogP contribution < -0.4 is 10.1 Å². The van der Waals surface area contributed by atoms with Gasteiger partial charge in [-0.15, -0.1) is 13.2 Å². The first-order valence-electron chi connectivity index (χ1n) is 8.85. The number of fused-ring (bicyclic) bond motifs is 2. The molecule has 2 aromatic carbocycles. The number of imidazole rings is 1. The molecule has 0 radical (unpaired) electrons. The van der Waals surface area contributed by atoms with Gasteiger partial charge in [0, 0.05) is 18.7 Å². The molecular formula is C19H16F3N5O2S. The molecule has 7 nitrogen and oxygen atoms in total. The number of nitrogens with one attached hydrogen (secondary N) is 2. The van der Waals surface area contributed by atoms with Crippen molar-refractivity contribution in [1.29, 1.82) is 5.41 Å². The number of aryl methyl sites for hydroxylation is 1. The van der Waals surface area contributed by atoms with Gasteiger partial charge < -0.3 is 19.4 Å². The van der Waals surface area contributed by atoms with E-state index >= 15 is 0 Å². The van der Waals surface area contributed by atoms with Crippen LogP contribution in [0, 0.1) is 5.41 Å². The van der Waals surface area contributed by atoms with Crippen molar-refractivity contribution in [3.8, 4) is 5.75 Å². The summed E-state index contributed by atoms with van der Waals surface area (Å²) in [7, 11) is 1.83. The SMILES string of the molecule is CCOC(=N)c1ccc2c(c1)nc(Nc1nc3ccc(OC(F)(F)F)cc3s1)n2C. The summed E-state index contributed by atoms with van der Waals surface area (Å²) in [5.41, 5.74) is 2.67. The Labute approximate surface area is 172 Å². The Morgan fingerprint density at radius 3 is 2.70 bits per heavy atom. The van der Waals surface area contributed by atoms with Gasteiger partial charge in [-0.25, -0.2) is 9.97 Å². The summed E-state index contributed by atoms with van der Waals surface area (Å²) in [5.74, 6) is 0.288. The van der Waals surface area contributed by atoms with Crippen LogP contribution in [-0.4, -0.2) is 33.4 Å². The number of benzene rings is 2. The molecule has 0 fully saturated rings. The second-order valence-corrected chi connectivity index (χ2v) is 7.31. The third-order valence-corrected chi connectivity index (χ3v) is 5.18. The molecule has 0 aliphatic rings. The third kappa shape index (κ3) is 4.01. The predicted molar refractivity (Wildman–Crippen MR) is 109 cm³/mol. The lowest BCUT2D eigenvalue weighted by molar-refractivity contribution is -0.274. The number of thiazole rings is 1. The van der Waals surface area contributed by atoms with Crippen molar-refractivity contribution >= 4 is 49.6 Å². The standard InChI is InChI=1S/C19H16F3N5O2S/c1-3-28-16(23)10-4-7-14-13(8-10)24-17(27(14)2)26-18-25-12-6-5-11(9-15(12)30-18)29-19(20,21)22/h4-9,23H,3H2,1-2H3,(H,24,25,26). The van der Waals surface area contributed by atoms with E-state index in [2.05, 4.69) is 20.0 Å². The number of halogens is 3. The molecule has 0 aliphatic heterocycles. The van der Waals surface area contributed by atoms with E-state index in [1.807, 2.05) is 24.6 Å². The van der Waals surface area contributed by atoms with E-state index in [0.717, 1.165) is 5.52 Å². The summed E-state index contributed by atoms with van der Waals surface area (Å²) in [5, 5.41) is 11.5. The van der Waals surface area contributed by atoms with Crippen LogP contribution >= 0.6 is 11.3 Å². The molecule has 156 valence electrons. The summed E-state index contributed by atoms with van der Waals surface area (Å²) >= 11 is 1.19. The molecule has 2 N–H and O–H groups in total. The molecule has 0 spiro atoms. The number of alkyl halides is 3. The molecule has 0 aliphatic carbocycles. The van der Waals surface area contributed by atoms with E-state index in [1.54, 1.807) is 12.1 Å². The lowest BCUT2D eigenvalue weighted by Gasteiger charge is -2.07. The monoisotopic (exact) mass is 435 g/mol. The fourth-order valence-corrected chi connectivity index (χ4v) is 3.82. The van der Waals surface area contributed by atoms with Gasteiger partial charge in [-0.1, -0.05) is 11.3 Å². The Bertz CT molecular complexity index is 1250. The lowest BCUT2D eigenvalue weighted by Crippen LogP contribution is -2.16. The smallest absolute Gasteiger partial charge is 0.478 e. The van der Waals surface area contributed by atoms with Crippen molar-refractivity contribution < 1.29 is 22.6 Å². The Kier molecular flexibility index (Phi) is 4.98. The van der Waals surface area contributed by atoms with Crippen LogP contribution in [0.1, 0.15) is 12.5 Å². The van der Waals surface area contributed by atoms with Crippen LogP contribution in [0.5, 0.6) is 5.75 Å².